The van der Waals surface area contributed by atoms with Gasteiger partial charge in [0.05, 0.1) is 23.8 Å². The third-order valence-corrected chi connectivity index (χ3v) is 6.28. The fraction of sp³-hybridized carbons (Fsp3) is 0.400. The first kappa shape index (κ1) is 19.9. The van der Waals surface area contributed by atoms with Crippen molar-refractivity contribution in [2.24, 2.45) is 0 Å². The third kappa shape index (κ3) is 4.71. The van der Waals surface area contributed by atoms with Crippen molar-refractivity contribution >= 4 is 44.1 Å². The average Bonchev–Trinajstić information content (AvgIpc) is 3.20. The van der Waals surface area contributed by atoms with Crippen LogP contribution in [0.1, 0.15) is 45.6 Å². The molecule has 0 saturated heterocycles. The number of esters is 1. The molecule has 1 N–H and O–H groups in total. The number of halogens is 1. The number of hydrogen-bond acceptors (Lipinski definition) is 5. The molecule has 0 aliphatic heterocycles. The monoisotopic (exact) mass is 451 g/mol. The van der Waals surface area contributed by atoms with Gasteiger partial charge in [-0.15, -0.1) is 11.3 Å². The normalized spacial score (nSPS) is 12.6. The fourth-order valence-electron chi connectivity index (χ4n) is 3.14. The summed E-state index contributed by atoms with van der Waals surface area (Å²) in [7, 11) is 1.37. The van der Waals surface area contributed by atoms with Crippen LogP contribution >= 0.6 is 27.3 Å². The van der Waals surface area contributed by atoms with Gasteiger partial charge in [0.2, 0.25) is 5.91 Å². The van der Waals surface area contributed by atoms with Crippen LogP contribution in [-0.2, 0) is 22.4 Å². The van der Waals surface area contributed by atoms with Crippen molar-refractivity contribution in [2.75, 3.05) is 19.0 Å². The Bertz CT molecular complexity index is 862. The van der Waals surface area contributed by atoms with Crippen molar-refractivity contribution in [2.45, 2.75) is 39.0 Å². The van der Waals surface area contributed by atoms with Crippen LogP contribution in [-0.4, -0.2) is 25.6 Å². The molecule has 5 nitrogen and oxygen atoms in total. The average molecular weight is 452 g/mol. The first-order chi connectivity index (χ1) is 13.0. The van der Waals surface area contributed by atoms with Gasteiger partial charge in [-0.05, 0) is 71.8 Å². The highest BCUT2D eigenvalue weighted by Gasteiger charge is 2.27. The van der Waals surface area contributed by atoms with Crippen LogP contribution in [0.4, 0.5) is 5.00 Å². The summed E-state index contributed by atoms with van der Waals surface area (Å²) in [6.45, 7) is 2.46. The lowest BCUT2D eigenvalue weighted by atomic mass is 10.1. The number of carbonyl (C=O) groups is 2. The molecule has 0 radical (unpaired) electrons. The second-order valence-electron chi connectivity index (χ2n) is 6.49. The SMILES string of the molecule is COC(=O)c1c(NC(=O)CCCOc2ccc(C)cc2Br)sc2c1CCC2. The minimum atomic E-state index is -0.378. The van der Waals surface area contributed by atoms with Gasteiger partial charge < -0.3 is 14.8 Å². The number of benzene rings is 1. The van der Waals surface area contributed by atoms with E-state index in [-0.39, 0.29) is 11.9 Å². The van der Waals surface area contributed by atoms with Crippen LogP contribution in [0.3, 0.4) is 0 Å². The smallest absolute Gasteiger partial charge is 0.341 e. The predicted octanol–water partition coefficient (Wildman–Crippen LogP) is 4.89. The van der Waals surface area contributed by atoms with E-state index < -0.39 is 0 Å². The van der Waals surface area contributed by atoms with Gasteiger partial charge in [-0.3, -0.25) is 4.79 Å². The summed E-state index contributed by atoms with van der Waals surface area (Å²) in [6, 6.07) is 5.89. The van der Waals surface area contributed by atoms with Crippen molar-refractivity contribution < 1.29 is 19.1 Å². The van der Waals surface area contributed by atoms with Crippen LogP contribution in [0.15, 0.2) is 22.7 Å². The molecule has 0 fully saturated rings. The maximum atomic E-state index is 12.3. The number of rotatable bonds is 7. The predicted molar refractivity (Wildman–Crippen MR) is 110 cm³/mol. The molecule has 1 aliphatic carbocycles. The molecule has 27 heavy (non-hydrogen) atoms. The number of amides is 1. The Balaban J connectivity index is 1.53. The molecule has 1 aliphatic rings. The maximum Gasteiger partial charge on any atom is 0.341 e. The van der Waals surface area contributed by atoms with E-state index in [1.54, 1.807) is 0 Å². The van der Waals surface area contributed by atoms with Crippen molar-refractivity contribution in [3.8, 4) is 5.75 Å². The second kappa shape index (κ2) is 8.89. The number of aryl methyl sites for hydroxylation is 2. The van der Waals surface area contributed by atoms with Gasteiger partial charge in [0.25, 0.3) is 0 Å². The molecule has 0 spiro atoms. The Morgan fingerprint density at radius 1 is 1.30 bits per heavy atom. The van der Waals surface area contributed by atoms with E-state index in [9.17, 15) is 9.59 Å². The van der Waals surface area contributed by atoms with Crippen molar-refractivity contribution in [1.29, 1.82) is 0 Å². The summed E-state index contributed by atoms with van der Waals surface area (Å²) in [5.41, 5.74) is 2.72. The van der Waals surface area contributed by atoms with Gasteiger partial charge in [0, 0.05) is 11.3 Å². The summed E-state index contributed by atoms with van der Waals surface area (Å²) in [5, 5.41) is 3.50. The number of hydrogen-bond donors (Lipinski definition) is 1. The number of thiophene rings is 1. The van der Waals surface area contributed by atoms with E-state index in [1.807, 2.05) is 25.1 Å². The fourth-order valence-corrected chi connectivity index (χ4v) is 5.04. The van der Waals surface area contributed by atoms with Gasteiger partial charge in [0.1, 0.15) is 10.8 Å². The molecule has 0 unspecified atom stereocenters. The van der Waals surface area contributed by atoms with Gasteiger partial charge in [-0.1, -0.05) is 6.07 Å². The van der Waals surface area contributed by atoms with Crippen LogP contribution in [0, 0.1) is 6.92 Å². The molecule has 0 atom stereocenters. The molecular weight excluding hydrogens is 430 g/mol. The summed E-state index contributed by atoms with van der Waals surface area (Å²) in [6.07, 6.45) is 3.79. The molecule has 2 aromatic rings. The maximum absolute atomic E-state index is 12.3. The third-order valence-electron chi connectivity index (χ3n) is 4.46. The van der Waals surface area contributed by atoms with Crippen molar-refractivity contribution in [1.82, 2.24) is 0 Å². The lowest BCUT2D eigenvalue weighted by molar-refractivity contribution is -0.116. The van der Waals surface area contributed by atoms with Crippen LogP contribution in [0.25, 0.3) is 0 Å². The first-order valence-corrected chi connectivity index (χ1v) is 10.5. The highest BCUT2D eigenvalue weighted by Crippen LogP contribution is 2.39. The Morgan fingerprint density at radius 3 is 2.85 bits per heavy atom. The van der Waals surface area contributed by atoms with E-state index >= 15 is 0 Å². The zero-order chi connectivity index (χ0) is 19.4. The number of fused-ring (bicyclic) bond motifs is 1. The Morgan fingerprint density at radius 2 is 2.11 bits per heavy atom. The largest absolute Gasteiger partial charge is 0.492 e. The molecule has 1 aromatic carbocycles. The molecule has 0 saturated carbocycles. The number of carbonyl (C=O) groups excluding carboxylic acids is 2. The quantitative estimate of drug-likeness (QED) is 0.480. The highest BCUT2D eigenvalue weighted by molar-refractivity contribution is 9.10. The second-order valence-corrected chi connectivity index (χ2v) is 8.45. The lowest BCUT2D eigenvalue weighted by Gasteiger charge is -2.09. The molecule has 1 heterocycles. The van der Waals surface area contributed by atoms with Gasteiger partial charge in [-0.25, -0.2) is 4.79 Å². The Labute approximate surface area is 171 Å². The zero-order valence-electron chi connectivity index (χ0n) is 15.4. The summed E-state index contributed by atoms with van der Waals surface area (Å²) >= 11 is 4.97. The van der Waals surface area contributed by atoms with E-state index in [2.05, 4.69) is 21.2 Å². The van der Waals surface area contributed by atoms with E-state index in [0.717, 1.165) is 40.6 Å². The first-order valence-electron chi connectivity index (χ1n) is 8.91. The van der Waals surface area contributed by atoms with Crippen LogP contribution in [0.2, 0.25) is 0 Å². The summed E-state index contributed by atoms with van der Waals surface area (Å²) < 4.78 is 11.5. The molecular formula is C20H22BrNO4S. The van der Waals surface area contributed by atoms with Crippen molar-refractivity contribution in [3.63, 3.8) is 0 Å². The lowest BCUT2D eigenvalue weighted by Crippen LogP contribution is -2.15. The number of anilines is 1. The van der Waals surface area contributed by atoms with Crippen LogP contribution in [0.5, 0.6) is 5.75 Å². The van der Waals surface area contributed by atoms with Crippen LogP contribution < -0.4 is 10.1 Å². The molecule has 0 bridgehead atoms. The number of nitrogens with one attached hydrogen (secondary N) is 1. The molecule has 3 rings (SSSR count). The molecule has 1 aromatic heterocycles. The molecule has 1 amide bonds. The van der Waals surface area contributed by atoms with Gasteiger partial charge in [0.15, 0.2) is 0 Å². The zero-order valence-corrected chi connectivity index (χ0v) is 17.8. The van der Waals surface area contributed by atoms with Crippen molar-refractivity contribution in [3.05, 3.63) is 44.2 Å². The number of ether oxygens (including phenoxy) is 2. The summed E-state index contributed by atoms with van der Waals surface area (Å²) in [4.78, 5) is 25.6. The van der Waals surface area contributed by atoms with Gasteiger partial charge in [-0.2, -0.15) is 0 Å². The Hall–Kier alpha value is -1.86. The van der Waals surface area contributed by atoms with E-state index in [4.69, 9.17) is 9.47 Å². The van der Waals surface area contributed by atoms with Gasteiger partial charge >= 0.3 is 5.97 Å². The minimum absolute atomic E-state index is 0.119. The van der Waals surface area contributed by atoms with E-state index in [0.29, 0.717) is 30.0 Å². The van der Waals surface area contributed by atoms with E-state index in [1.165, 1.54) is 23.3 Å². The minimum Gasteiger partial charge on any atom is -0.492 e. The Kier molecular flexibility index (Phi) is 6.55. The molecule has 144 valence electrons. The highest BCUT2D eigenvalue weighted by atomic mass is 79.9. The topological polar surface area (TPSA) is 64.6 Å². The molecule has 7 heteroatoms. The summed E-state index contributed by atoms with van der Waals surface area (Å²) in [5.74, 6) is 0.271. The standard InChI is InChI=1S/C20H22BrNO4S/c1-12-8-9-15(14(21)11-12)26-10-4-7-17(23)22-19-18(20(24)25-2)13-5-3-6-16(13)27-19/h8-9,11H,3-7,10H2,1-2H3,(H,22,23). The number of methoxy groups -OCH3 is 1.